The third-order valence-corrected chi connectivity index (χ3v) is 3.22. The zero-order valence-corrected chi connectivity index (χ0v) is 11.7. The number of hydrogen-bond donors (Lipinski definition) is 0. The van der Waals surface area contributed by atoms with E-state index in [0.717, 1.165) is 9.13 Å². The van der Waals surface area contributed by atoms with Gasteiger partial charge in [0, 0.05) is 18.8 Å². The van der Waals surface area contributed by atoms with Gasteiger partial charge in [-0.1, -0.05) is 18.2 Å². The second-order valence-corrected chi connectivity index (χ2v) is 4.94. The number of benzene rings is 1. The van der Waals surface area contributed by atoms with E-state index in [1.54, 1.807) is 4.68 Å². The molecule has 0 saturated heterocycles. The molecule has 0 saturated carbocycles. The van der Waals surface area contributed by atoms with Gasteiger partial charge in [-0.2, -0.15) is 5.10 Å². The molecule has 0 aliphatic carbocycles. The summed E-state index contributed by atoms with van der Waals surface area (Å²) in [7, 11) is 1.86. The van der Waals surface area contributed by atoms with E-state index in [-0.39, 0.29) is 0 Å². The molecule has 1 aromatic carbocycles. The number of aryl methyl sites for hydroxylation is 1. The SMILES string of the molecule is Cn1cc(I)c(-c2nnc(-c3ccccc3)o2)n1. The predicted octanol–water partition coefficient (Wildman–Crippen LogP) is 2.74. The summed E-state index contributed by atoms with van der Waals surface area (Å²) in [6, 6.07) is 9.68. The predicted molar refractivity (Wildman–Crippen MR) is 74.7 cm³/mol. The molecule has 5 nitrogen and oxygen atoms in total. The van der Waals surface area contributed by atoms with Crippen LogP contribution in [0.4, 0.5) is 0 Å². The zero-order chi connectivity index (χ0) is 12.5. The minimum Gasteiger partial charge on any atom is -0.414 e. The van der Waals surface area contributed by atoms with Crippen molar-refractivity contribution < 1.29 is 4.42 Å². The van der Waals surface area contributed by atoms with E-state index < -0.39 is 0 Å². The fourth-order valence-electron chi connectivity index (χ4n) is 1.62. The van der Waals surface area contributed by atoms with Crippen molar-refractivity contribution in [2.24, 2.45) is 7.05 Å². The molecule has 0 N–H and O–H groups in total. The molecule has 90 valence electrons. The van der Waals surface area contributed by atoms with Gasteiger partial charge in [-0.25, -0.2) is 0 Å². The van der Waals surface area contributed by atoms with E-state index in [9.17, 15) is 0 Å². The van der Waals surface area contributed by atoms with Crippen molar-refractivity contribution in [1.82, 2.24) is 20.0 Å². The van der Waals surface area contributed by atoms with Crippen molar-refractivity contribution in [1.29, 1.82) is 0 Å². The monoisotopic (exact) mass is 352 g/mol. The largest absolute Gasteiger partial charge is 0.414 e. The van der Waals surface area contributed by atoms with Gasteiger partial charge in [-0.05, 0) is 34.7 Å². The number of rotatable bonds is 2. The molecule has 0 aliphatic heterocycles. The normalized spacial score (nSPS) is 10.8. The molecule has 0 radical (unpaired) electrons. The maximum absolute atomic E-state index is 5.65. The minimum absolute atomic E-state index is 0.443. The third kappa shape index (κ3) is 2.03. The van der Waals surface area contributed by atoms with Crippen molar-refractivity contribution in [3.8, 4) is 23.0 Å². The second-order valence-electron chi connectivity index (χ2n) is 3.78. The molecule has 2 aromatic heterocycles. The van der Waals surface area contributed by atoms with Crippen molar-refractivity contribution in [3.05, 3.63) is 40.1 Å². The standard InChI is InChI=1S/C12H9IN4O/c1-17-7-9(13)10(16-17)12-15-14-11(18-12)8-5-3-2-4-6-8/h2-7H,1H3. The average molecular weight is 352 g/mol. The number of hydrogen-bond acceptors (Lipinski definition) is 4. The van der Waals surface area contributed by atoms with Gasteiger partial charge in [0.1, 0.15) is 0 Å². The lowest BCUT2D eigenvalue weighted by Gasteiger charge is -1.92. The van der Waals surface area contributed by atoms with Gasteiger partial charge in [0.05, 0.1) is 3.57 Å². The molecule has 0 bridgehead atoms. The highest BCUT2D eigenvalue weighted by atomic mass is 127. The first-order valence-corrected chi connectivity index (χ1v) is 6.40. The van der Waals surface area contributed by atoms with E-state index in [1.807, 2.05) is 43.6 Å². The topological polar surface area (TPSA) is 56.7 Å². The highest BCUT2D eigenvalue weighted by molar-refractivity contribution is 14.1. The van der Waals surface area contributed by atoms with Gasteiger partial charge in [0.25, 0.3) is 5.89 Å². The minimum atomic E-state index is 0.443. The summed E-state index contributed by atoms with van der Waals surface area (Å²) in [5.74, 6) is 0.950. The van der Waals surface area contributed by atoms with Crippen LogP contribution < -0.4 is 0 Å². The molecule has 0 aliphatic rings. The maximum Gasteiger partial charge on any atom is 0.269 e. The number of nitrogens with zero attached hydrogens (tertiary/aromatic N) is 4. The molecule has 0 fully saturated rings. The van der Waals surface area contributed by atoms with Crippen LogP contribution in [0.5, 0.6) is 0 Å². The van der Waals surface area contributed by atoms with Crippen LogP contribution in [-0.2, 0) is 7.05 Å². The Kier molecular flexibility index (Phi) is 2.86. The molecule has 3 aromatic rings. The molecule has 6 heteroatoms. The van der Waals surface area contributed by atoms with Crippen LogP contribution in [0.2, 0.25) is 0 Å². The van der Waals surface area contributed by atoms with E-state index >= 15 is 0 Å². The summed E-state index contributed by atoms with van der Waals surface area (Å²) in [4.78, 5) is 0. The lowest BCUT2D eigenvalue weighted by atomic mass is 10.2. The lowest BCUT2D eigenvalue weighted by Crippen LogP contribution is -1.87. The summed E-state index contributed by atoms with van der Waals surface area (Å²) >= 11 is 2.20. The van der Waals surface area contributed by atoms with E-state index in [0.29, 0.717) is 17.5 Å². The van der Waals surface area contributed by atoms with Crippen LogP contribution in [0, 0.1) is 3.57 Å². The Balaban J connectivity index is 2.02. The van der Waals surface area contributed by atoms with Gasteiger partial charge in [0.2, 0.25) is 5.89 Å². The average Bonchev–Trinajstić information content (AvgIpc) is 2.97. The molecular weight excluding hydrogens is 343 g/mol. The first kappa shape index (κ1) is 11.4. The molecule has 18 heavy (non-hydrogen) atoms. The fourth-order valence-corrected chi connectivity index (χ4v) is 2.36. The maximum atomic E-state index is 5.65. The summed E-state index contributed by atoms with van der Waals surface area (Å²) in [5.41, 5.74) is 1.62. The highest BCUT2D eigenvalue weighted by Crippen LogP contribution is 2.25. The molecule has 0 atom stereocenters. The number of aromatic nitrogens is 4. The van der Waals surface area contributed by atoms with Gasteiger partial charge in [-0.15, -0.1) is 10.2 Å². The quantitative estimate of drug-likeness (QED) is 0.666. The molecule has 3 rings (SSSR count). The Morgan fingerprint density at radius 2 is 1.83 bits per heavy atom. The Labute approximate surface area is 117 Å². The van der Waals surface area contributed by atoms with Gasteiger partial charge in [0.15, 0.2) is 5.69 Å². The summed E-state index contributed by atoms with van der Waals surface area (Å²) in [5, 5.41) is 12.4. The lowest BCUT2D eigenvalue weighted by molar-refractivity contribution is 0.579. The van der Waals surface area contributed by atoms with E-state index in [4.69, 9.17) is 4.42 Å². The van der Waals surface area contributed by atoms with Gasteiger partial charge in [-0.3, -0.25) is 4.68 Å². The summed E-state index contributed by atoms with van der Waals surface area (Å²) in [6.07, 6.45) is 1.91. The third-order valence-electron chi connectivity index (χ3n) is 2.43. The highest BCUT2D eigenvalue weighted by Gasteiger charge is 2.15. The Morgan fingerprint density at radius 3 is 2.50 bits per heavy atom. The summed E-state index contributed by atoms with van der Waals surface area (Å²) < 4.78 is 8.36. The first-order chi connectivity index (χ1) is 8.74. The second kappa shape index (κ2) is 4.52. The van der Waals surface area contributed by atoms with Gasteiger partial charge >= 0.3 is 0 Å². The zero-order valence-electron chi connectivity index (χ0n) is 9.54. The van der Waals surface area contributed by atoms with Crippen molar-refractivity contribution in [2.75, 3.05) is 0 Å². The summed E-state index contributed by atoms with van der Waals surface area (Å²) in [6.45, 7) is 0. The van der Waals surface area contributed by atoms with Crippen LogP contribution in [0.25, 0.3) is 23.0 Å². The van der Waals surface area contributed by atoms with Crippen molar-refractivity contribution in [2.45, 2.75) is 0 Å². The van der Waals surface area contributed by atoms with Crippen LogP contribution in [-0.4, -0.2) is 20.0 Å². The van der Waals surface area contributed by atoms with Crippen molar-refractivity contribution >= 4 is 22.6 Å². The molecule has 2 heterocycles. The van der Waals surface area contributed by atoms with Crippen LogP contribution in [0.15, 0.2) is 40.9 Å². The van der Waals surface area contributed by atoms with Crippen LogP contribution in [0.1, 0.15) is 0 Å². The molecule has 0 amide bonds. The van der Waals surface area contributed by atoms with Crippen LogP contribution >= 0.6 is 22.6 Å². The van der Waals surface area contributed by atoms with E-state index in [1.165, 1.54) is 0 Å². The van der Waals surface area contributed by atoms with Crippen molar-refractivity contribution in [3.63, 3.8) is 0 Å². The first-order valence-electron chi connectivity index (χ1n) is 5.32. The van der Waals surface area contributed by atoms with E-state index in [2.05, 4.69) is 37.9 Å². The smallest absolute Gasteiger partial charge is 0.269 e. The fraction of sp³-hybridized carbons (Fsp3) is 0.0833. The molecule has 0 spiro atoms. The number of halogens is 1. The molecule has 0 unspecified atom stereocenters. The Morgan fingerprint density at radius 1 is 1.11 bits per heavy atom. The van der Waals surface area contributed by atoms with Crippen LogP contribution in [0.3, 0.4) is 0 Å². The Bertz CT molecular complexity index is 674. The Hall–Kier alpha value is -1.70. The van der Waals surface area contributed by atoms with Gasteiger partial charge < -0.3 is 4.42 Å². The molecular formula is C12H9IN4O.